The van der Waals surface area contributed by atoms with Crippen molar-refractivity contribution in [2.24, 2.45) is 0 Å². The highest BCUT2D eigenvalue weighted by Gasteiger charge is 2.33. The first kappa shape index (κ1) is 18.1. The van der Waals surface area contributed by atoms with E-state index in [4.69, 9.17) is 0 Å². The Kier molecular flexibility index (Phi) is 5.34. The highest BCUT2D eigenvalue weighted by molar-refractivity contribution is 5.78. The van der Waals surface area contributed by atoms with Crippen LogP contribution < -0.4 is 15.1 Å². The lowest BCUT2D eigenvalue weighted by atomic mass is 10.2. The zero-order chi connectivity index (χ0) is 18.7. The number of hydrogen-bond acceptors (Lipinski definition) is 6. The fourth-order valence-electron chi connectivity index (χ4n) is 3.07. The van der Waals surface area contributed by atoms with E-state index in [2.05, 4.69) is 25.5 Å². The molecule has 1 aliphatic heterocycles. The molecular weight excluding hydrogens is 337 g/mol. The summed E-state index contributed by atoms with van der Waals surface area (Å²) in [7, 11) is 3.71. The Morgan fingerprint density at radius 2 is 2.31 bits per heavy atom. The van der Waals surface area contributed by atoms with E-state index in [0.717, 1.165) is 5.69 Å². The number of rotatable bonds is 6. The van der Waals surface area contributed by atoms with E-state index in [1.165, 1.54) is 0 Å². The van der Waals surface area contributed by atoms with Gasteiger partial charge in [0, 0.05) is 39.0 Å². The summed E-state index contributed by atoms with van der Waals surface area (Å²) in [4.78, 5) is 24.5. The first-order valence-corrected chi connectivity index (χ1v) is 8.61. The number of alkyl halides is 1. The van der Waals surface area contributed by atoms with E-state index in [9.17, 15) is 9.18 Å². The maximum atomic E-state index is 14.0. The molecule has 1 fully saturated rings. The van der Waals surface area contributed by atoms with Gasteiger partial charge in [0.2, 0.25) is 11.9 Å². The van der Waals surface area contributed by atoms with Crippen LogP contribution in [0.3, 0.4) is 0 Å². The van der Waals surface area contributed by atoms with Gasteiger partial charge in [0.05, 0.1) is 24.7 Å². The van der Waals surface area contributed by atoms with Crippen molar-refractivity contribution >= 4 is 17.7 Å². The molecule has 8 nitrogen and oxygen atoms in total. The Bertz CT molecular complexity index is 763. The monoisotopic (exact) mass is 361 g/mol. The predicted octanol–water partition coefficient (Wildman–Crippen LogP) is 0.850. The molecule has 0 aromatic carbocycles. The molecule has 0 bridgehead atoms. The van der Waals surface area contributed by atoms with Gasteiger partial charge in [0.15, 0.2) is 0 Å². The molecule has 2 aromatic heterocycles. The quantitative estimate of drug-likeness (QED) is 0.793. The molecular formula is C17H24FN7O. The number of carbonyl (C=O) groups is 1. The van der Waals surface area contributed by atoms with Crippen LogP contribution in [0.2, 0.25) is 0 Å². The number of amides is 1. The van der Waals surface area contributed by atoms with Crippen molar-refractivity contribution in [3.8, 4) is 0 Å². The fraction of sp³-hybridized carbons (Fsp3) is 0.529. The summed E-state index contributed by atoms with van der Waals surface area (Å²) in [5.74, 6) is 1.11. The molecule has 3 heterocycles. The largest absolute Gasteiger partial charge is 0.354 e. The van der Waals surface area contributed by atoms with Crippen molar-refractivity contribution < 1.29 is 9.18 Å². The van der Waals surface area contributed by atoms with Crippen LogP contribution in [0.25, 0.3) is 0 Å². The lowest BCUT2D eigenvalue weighted by molar-refractivity contribution is -0.120. The second-order valence-corrected chi connectivity index (χ2v) is 6.77. The van der Waals surface area contributed by atoms with Gasteiger partial charge in [0.1, 0.15) is 12.0 Å². The second kappa shape index (κ2) is 7.67. The van der Waals surface area contributed by atoms with Crippen LogP contribution in [0, 0.1) is 6.92 Å². The number of nitrogens with one attached hydrogen (secondary N) is 2. The normalized spacial score (nSPS) is 19.6. The number of aromatic nitrogens is 4. The Labute approximate surface area is 151 Å². The molecule has 1 saturated heterocycles. The third kappa shape index (κ3) is 4.27. The van der Waals surface area contributed by atoms with Crippen LogP contribution in [0.4, 0.5) is 16.2 Å². The van der Waals surface area contributed by atoms with Crippen LogP contribution in [-0.2, 0) is 11.2 Å². The van der Waals surface area contributed by atoms with E-state index >= 15 is 0 Å². The smallest absolute Gasteiger partial charge is 0.226 e. The molecule has 1 aliphatic rings. The lowest BCUT2D eigenvalue weighted by Crippen LogP contribution is -2.41. The van der Waals surface area contributed by atoms with Crippen LogP contribution >= 0.6 is 0 Å². The van der Waals surface area contributed by atoms with Crippen molar-refractivity contribution in [1.82, 2.24) is 25.5 Å². The maximum Gasteiger partial charge on any atom is 0.226 e. The Hall–Kier alpha value is -2.71. The number of halogens is 1. The standard InChI is InChI=1S/C17H24FN7O/c1-11-6-13(23-22-11)8-16(26)20-9-14-7-12(18)10-25(14)15-4-5-19-17(21-15)24(2)3/h4-6,12,14H,7-10H2,1-3H3,(H,20,26)(H,22,23)/t12-,14-/m0/s1. The van der Waals surface area contributed by atoms with Crippen molar-refractivity contribution in [1.29, 1.82) is 0 Å². The van der Waals surface area contributed by atoms with Crippen molar-refractivity contribution in [2.75, 3.05) is 37.0 Å². The molecule has 0 saturated carbocycles. The summed E-state index contributed by atoms with van der Waals surface area (Å²) in [6.45, 7) is 2.52. The highest BCUT2D eigenvalue weighted by Crippen LogP contribution is 2.26. The molecule has 9 heteroatoms. The third-order valence-corrected chi connectivity index (χ3v) is 4.32. The molecule has 0 radical (unpaired) electrons. The molecule has 0 spiro atoms. The summed E-state index contributed by atoms with van der Waals surface area (Å²) in [5, 5.41) is 9.76. The molecule has 1 amide bonds. The first-order chi connectivity index (χ1) is 12.4. The van der Waals surface area contributed by atoms with E-state index in [1.54, 1.807) is 17.2 Å². The molecule has 26 heavy (non-hydrogen) atoms. The number of aromatic amines is 1. The van der Waals surface area contributed by atoms with Crippen LogP contribution in [-0.4, -0.2) is 65.5 Å². The molecule has 2 N–H and O–H groups in total. The third-order valence-electron chi connectivity index (χ3n) is 4.32. The van der Waals surface area contributed by atoms with Crippen molar-refractivity contribution in [3.63, 3.8) is 0 Å². The van der Waals surface area contributed by atoms with Gasteiger partial charge in [-0.3, -0.25) is 9.89 Å². The van der Waals surface area contributed by atoms with Crippen LogP contribution in [0.1, 0.15) is 17.8 Å². The average molecular weight is 361 g/mol. The Balaban J connectivity index is 1.62. The zero-order valence-electron chi connectivity index (χ0n) is 15.2. The fourth-order valence-corrected chi connectivity index (χ4v) is 3.07. The molecule has 0 unspecified atom stereocenters. The minimum atomic E-state index is -0.941. The van der Waals surface area contributed by atoms with Gasteiger partial charge in [0.25, 0.3) is 0 Å². The summed E-state index contributed by atoms with van der Waals surface area (Å²) in [5.41, 5.74) is 1.61. The van der Waals surface area contributed by atoms with Gasteiger partial charge < -0.3 is 15.1 Å². The van der Waals surface area contributed by atoms with E-state index in [0.29, 0.717) is 30.4 Å². The van der Waals surface area contributed by atoms with Crippen LogP contribution in [0.15, 0.2) is 18.3 Å². The highest BCUT2D eigenvalue weighted by atomic mass is 19.1. The second-order valence-electron chi connectivity index (χ2n) is 6.77. The summed E-state index contributed by atoms with van der Waals surface area (Å²) < 4.78 is 14.0. The SMILES string of the molecule is Cc1cc(CC(=O)NC[C@@H]2C[C@H](F)CN2c2ccnc(N(C)C)n2)n[nH]1. The summed E-state index contributed by atoms with van der Waals surface area (Å²) in [6.07, 6.45) is 1.29. The Morgan fingerprint density at radius 1 is 1.50 bits per heavy atom. The van der Waals surface area contributed by atoms with Gasteiger partial charge in [-0.05, 0) is 19.1 Å². The van der Waals surface area contributed by atoms with Gasteiger partial charge in [-0.15, -0.1) is 0 Å². The molecule has 0 aliphatic carbocycles. The molecule has 140 valence electrons. The number of hydrogen-bond donors (Lipinski definition) is 2. The molecule has 3 rings (SSSR count). The number of aryl methyl sites for hydroxylation is 1. The zero-order valence-corrected chi connectivity index (χ0v) is 15.2. The number of nitrogens with zero attached hydrogens (tertiary/aromatic N) is 5. The number of anilines is 2. The van der Waals surface area contributed by atoms with Crippen molar-refractivity contribution in [2.45, 2.75) is 32.0 Å². The van der Waals surface area contributed by atoms with E-state index in [1.807, 2.05) is 32.0 Å². The van der Waals surface area contributed by atoms with E-state index < -0.39 is 6.17 Å². The minimum Gasteiger partial charge on any atom is -0.354 e. The molecule has 2 aromatic rings. The minimum absolute atomic E-state index is 0.129. The first-order valence-electron chi connectivity index (χ1n) is 8.61. The van der Waals surface area contributed by atoms with E-state index in [-0.39, 0.29) is 24.9 Å². The van der Waals surface area contributed by atoms with Gasteiger partial charge in [-0.25, -0.2) is 9.37 Å². The van der Waals surface area contributed by atoms with Gasteiger partial charge >= 0.3 is 0 Å². The van der Waals surface area contributed by atoms with Crippen LogP contribution in [0.5, 0.6) is 0 Å². The predicted molar refractivity (Wildman–Crippen MR) is 97.0 cm³/mol. The van der Waals surface area contributed by atoms with Gasteiger partial charge in [-0.2, -0.15) is 10.1 Å². The average Bonchev–Trinajstić information content (AvgIpc) is 3.18. The van der Waals surface area contributed by atoms with Crippen molar-refractivity contribution in [3.05, 3.63) is 29.7 Å². The maximum absolute atomic E-state index is 14.0. The molecule has 2 atom stereocenters. The summed E-state index contributed by atoms with van der Waals surface area (Å²) in [6, 6.07) is 3.47. The number of carbonyl (C=O) groups excluding carboxylic acids is 1. The Morgan fingerprint density at radius 3 is 3.00 bits per heavy atom. The lowest BCUT2D eigenvalue weighted by Gasteiger charge is -2.26. The topological polar surface area (TPSA) is 90.0 Å². The van der Waals surface area contributed by atoms with Gasteiger partial charge in [-0.1, -0.05) is 0 Å². The summed E-state index contributed by atoms with van der Waals surface area (Å²) >= 11 is 0. The number of H-pyrrole nitrogens is 1.